The first-order valence-electron chi connectivity index (χ1n) is 37.3. The largest absolute Gasteiger partial charge is 0.472 e. The molecule has 0 saturated heterocycles. The Hall–Kier alpha value is -1.94. The number of phosphoric ester groups is 2. The van der Waals surface area contributed by atoms with Gasteiger partial charge in [0.15, 0.2) is 12.2 Å². The minimum Gasteiger partial charge on any atom is -0.462 e. The van der Waals surface area contributed by atoms with Crippen molar-refractivity contribution in [2.45, 2.75) is 375 Å². The van der Waals surface area contributed by atoms with Gasteiger partial charge < -0.3 is 33.8 Å². The number of carbonyl (C=O) groups excluding carboxylic acids is 4. The van der Waals surface area contributed by atoms with Crippen LogP contribution in [0, 0.1) is 23.7 Å². The summed E-state index contributed by atoms with van der Waals surface area (Å²) in [7, 11) is -9.91. The van der Waals surface area contributed by atoms with Crippen LogP contribution in [-0.4, -0.2) is 96.7 Å². The van der Waals surface area contributed by atoms with Crippen LogP contribution >= 0.6 is 15.6 Å². The second-order valence-electron chi connectivity index (χ2n) is 27.4. The zero-order valence-corrected chi connectivity index (χ0v) is 61.3. The molecule has 0 radical (unpaired) electrons. The number of carbonyl (C=O) groups is 4. The third-order valence-electron chi connectivity index (χ3n) is 17.3. The molecule has 91 heavy (non-hydrogen) atoms. The van der Waals surface area contributed by atoms with Crippen molar-refractivity contribution in [3.63, 3.8) is 0 Å². The van der Waals surface area contributed by atoms with Crippen molar-refractivity contribution in [1.82, 2.24) is 0 Å². The van der Waals surface area contributed by atoms with Crippen LogP contribution < -0.4 is 0 Å². The van der Waals surface area contributed by atoms with Crippen molar-refractivity contribution < 1.29 is 80.2 Å². The highest BCUT2D eigenvalue weighted by Gasteiger charge is 2.30. The van der Waals surface area contributed by atoms with Crippen LogP contribution in [0.2, 0.25) is 0 Å². The monoisotopic (exact) mass is 1340 g/mol. The molecule has 19 heteroatoms. The lowest BCUT2D eigenvalue weighted by Crippen LogP contribution is -2.30. The maximum atomic E-state index is 13.0. The average Bonchev–Trinajstić information content (AvgIpc) is 3.69. The Bertz CT molecular complexity index is 1800. The third-order valence-corrected chi connectivity index (χ3v) is 19.2. The molecule has 0 amide bonds. The van der Waals surface area contributed by atoms with Crippen LogP contribution in [0.15, 0.2) is 0 Å². The van der Waals surface area contributed by atoms with Gasteiger partial charge in [-0.2, -0.15) is 0 Å². The van der Waals surface area contributed by atoms with Crippen LogP contribution in [0.4, 0.5) is 0 Å². The average molecular weight is 1340 g/mol. The number of phosphoric acid groups is 2. The molecule has 0 rings (SSSR count). The van der Waals surface area contributed by atoms with Gasteiger partial charge in [0.2, 0.25) is 0 Å². The molecule has 0 saturated carbocycles. The number of hydrogen-bond acceptors (Lipinski definition) is 15. The predicted molar refractivity (Wildman–Crippen MR) is 367 cm³/mol. The van der Waals surface area contributed by atoms with E-state index >= 15 is 0 Å². The fourth-order valence-electron chi connectivity index (χ4n) is 10.8. The summed E-state index contributed by atoms with van der Waals surface area (Å²) in [5.74, 6) is 0.900. The van der Waals surface area contributed by atoms with Gasteiger partial charge in [-0.1, -0.05) is 306 Å². The number of hydrogen-bond donors (Lipinski definition) is 3. The molecular weight excluding hydrogens is 1200 g/mol. The highest BCUT2D eigenvalue weighted by Crippen LogP contribution is 2.45. The molecule has 0 spiro atoms. The highest BCUT2D eigenvalue weighted by atomic mass is 31.2. The molecule has 0 aliphatic rings. The number of aliphatic hydroxyl groups is 1. The number of rotatable bonds is 69. The number of unbranched alkanes of at least 4 members (excludes halogenated alkanes) is 33. The molecule has 7 atom stereocenters. The fourth-order valence-corrected chi connectivity index (χ4v) is 12.4. The molecule has 4 unspecified atom stereocenters. The molecule has 17 nitrogen and oxygen atoms in total. The standard InChI is InChI=1S/C72H140O17P2/c1-9-64(7)50-42-34-26-21-23-27-36-44-52-69(74)82-58-67(89-72(77)55-47-39-29-22-20-25-33-41-49-63(5)6)60-86-90(78,79)84-56-66(73)57-85-91(80,81)87-61-68(59-83-70(75)53-45-37-31-30-35-43-51-65(8)10-2)88-71(76)54-46-38-28-19-17-15-13-11-12-14-16-18-24-32-40-48-62(3)4/h62-68,73H,9-61H2,1-8H3,(H,78,79)(H,80,81)/t64?,65?,66-,67-,68-/m1/s1. The van der Waals surface area contributed by atoms with Crippen molar-refractivity contribution in [1.29, 1.82) is 0 Å². The first-order valence-corrected chi connectivity index (χ1v) is 40.3. The van der Waals surface area contributed by atoms with Gasteiger partial charge in [-0.25, -0.2) is 9.13 Å². The smallest absolute Gasteiger partial charge is 0.462 e. The summed E-state index contributed by atoms with van der Waals surface area (Å²) in [5.41, 5.74) is 0. The summed E-state index contributed by atoms with van der Waals surface area (Å²) in [4.78, 5) is 72.6. The molecule has 0 bridgehead atoms. The summed E-state index contributed by atoms with van der Waals surface area (Å²) in [6.45, 7) is 14.1. The van der Waals surface area contributed by atoms with Crippen LogP contribution in [0.1, 0.15) is 357 Å². The van der Waals surface area contributed by atoms with Crippen LogP contribution in [0.25, 0.3) is 0 Å². The first kappa shape index (κ1) is 89.1. The number of aliphatic hydroxyl groups excluding tert-OH is 1. The van der Waals surface area contributed by atoms with Gasteiger partial charge in [0.1, 0.15) is 19.3 Å². The molecule has 0 aliphatic carbocycles. The molecule has 3 N–H and O–H groups in total. The van der Waals surface area contributed by atoms with Crippen molar-refractivity contribution in [2.24, 2.45) is 23.7 Å². The molecule has 540 valence electrons. The van der Waals surface area contributed by atoms with E-state index < -0.39 is 97.5 Å². The van der Waals surface area contributed by atoms with Gasteiger partial charge in [0.25, 0.3) is 0 Å². The minimum absolute atomic E-state index is 0.103. The van der Waals surface area contributed by atoms with Gasteiger partial charge >= 0.3 is 39.5 Å². The van der Waals surface area contributed by atoms with Crippen molar-refractivity contribution in [3.05, 3.63) is 0 Å². The van der Waals surface area contributed by atoms with Crippen molar-refractivity contribution in [3.8, 4) is 0 Å². The van der Waals surface area contributed by atoms with Gasteiger partial charge in [0, 0.05) is 25.7 Å². The summed E-state index contributed by atoms with van der Waals surface area (Å²) < 4.78 is 68.3. The van der Waals surface area contributed by atoms with E-state index in [-0.39, 0.29) is 25.7 Å². The van der Waals surface area contributed by atoms with E-state index in [4.69, 9.17) is 37.0 Å². The topological polar surface area (TPSA) is 237 Å². The maximum absolute atomic E-state index is 13.0. The molecule has 0 aromatic carbocycles. The molecule has 0 heterocycles. The highest BCUT2D eigenvalue weighted by molar-refractivity contribution is 7.47. The molecule has 0 fully saturated rings. The van der Waals surface area contributed by atoms with E-state index in [0.29, 0.717) is 25.7 Å². The van der Waals surface area contributed by atoms with Crippen molar-refractivity contribution in [2.75, 3.05) is 39.6 Å². The molecule has 0 aliphatic heterocycles. The SMILES string of the molecule is CCC(C)CCCCCCCCCCC(=O)OC[C@H](COP(=O)(O)OC[C@@H](O)COP(=O)(O)OC[C@@H](COC(=O)CCCCCCCCC(C)CC)OC(=O)CCCCCCCCCCCCCCCCCC(C)C)OC(=O)CCCCCCCCCCC(C)C. The summed E-state index contributed by atoms with van der Waals surface area (Å²) in [6, 6.07) is 0. The Morgan fingerprint density at radius 3 is 0.780 bits per heavy atom. The summed E-state index contributed by atoms with van der Waals surface area (Å²) >= 11 is 0. The Balaban J connectivity index is 5.23. The predicted octanol–water partition coefficient (Wildman–Crippen LogP) is 20.5. The van der Waals surface area contributed by atoms with Gasteiger partial charge in [-0.3, -0.25) is 37.3 Å². The van der Waals surface area contributed by atoms with E-state index in [1.165, 1.54) is 154 Å². The fraction of sp³-hybridized carbons (Fsp3) is 0.944. The van der Waals surface area contributed by atoms with Crippen molar-refractivity contribution >= 4 is 39.5 Å². The lowest BCUT2D eigenvalue weighted by molar-refractivity contribution is -0.161. The normalized spacial score (nSPS) is 14.8. The second kappa shape index (κ2) is 61.6. The van der Waals surface area contributed by atoms with Gasteiger partial charge in [0.05, 0.1) is 26.4 Å². The van der Waals surface area contributed by atoms with Gasteiger partial charge in [-0.05, 0) is 49.4 Å². The van der Waals surface area contributed by atoms with Gasteiger partial charge in [-0.15, -0.1) is 0 Å². The lowest BCUT2D eigenvalue weighted by atomic mass is 9.99. The van der Waals surface area contributed by atoms with E-state index in [9.17, 15) is 43.2 Å². The first-order chi connectivity index (χ1) is 43.7. The Labute approximate surface area is 556 Å². The Morgan fingerprint density at radius 2 is 0.527 bits per heavy atom. The third kappa shape index (κ3) is 63.9. The summed E-state index contributed by atoms with van der Waals surface area (Å²) in [5, 5.41) is 10.6. The molecular formula is C72H140O17P2. The maximum Gasteiger partial charge on any atom is 0.472 e. The Morgan fingerprint density at radius 1 is 0.308 bits per heavy atom. The molecule has 0 aromatic heterocycles. The van der Waals surface area contributed by atoms with E-state index in [1.807, 2.05) is 0 Å². The van der Waals surface area contributed by atoms with E-state index in [0.717, 1.165) is 120 Å². The second-order valence-corrected chi connectivity index (χ2v) is 30.3. The molecule has 0 aromatic rings. The van der Waals surface area contributed by atoms with E-state index in [2.05, 4.69) is 55.4 Å². The number of esters is 4. The quantitative estimate of drug-likeness (QED) is 0.0222. The zero-order chi connectivity index (χ0) is 67.5. The summed E-state index contributed by atoms with van der Waals surface area (Å²) in [6.07, 6.45) is 44.5. The van der Waals surface area contributed by atoms with Crippen LogP contribution in [-0.2, 0) is 65.4 Å². The minimum atomic E-state index is -4.95. The van der Waals surface area contributed by atoms with Crippen LogP contribution in [0.5, 0.6) is 0 Å². The van der Waals surface area contributed by atoms with Crippen LogP contribution in [0.3, 0.4) is 0 Å². The Kier molecular flexibility index (Phi) is 60.3. The number of ether oxygens (including phenoxy) is 4. The zero-order valence-electron chi connectivity index (χ0n) is 59.5. The lowest BCUT2D eigenvalue weighted by Gasteiger charge is -2.21. The van der Waals surface area contributed by atoms with E-state index in [1.54, 1.807) is 0 Å².